The van der Waals surface area contributed by atoms with E-state index in [1.165, 1.54) is 18.2 Å². The number of aryl methyl sites for hydroxylation is 1. The first-order valence-electron chi connectivity index (χ1n) is 11.2. The molecular formula is C23H31F2N3O5S. The molecule has 1 unspecified atom stereocenters. The third-order valence-corrected chi connectivity index (χ3v) is 7.54. The maximum atomic E-state index is 15.8. The van der Waals surface area contributed by atoms with Gasteiger partial charge in [-0.05, 0) is 46.6 Å². The predicted molar refractivity (Wildman–Crippen MR) is 122 cm³/mol. The highest BCUT2D eigenvalue weighted by molar-refractivity contribution is 7.90. The van der Waals surface area contributed by atoms with Crippen LogP contribution in [-0.4, -0.2) is 57.5 Å². The van der Waals surface area contributed by atoms with Gasteiger partial charge in [-0.15, -0.1) is 4.72 Å². The van der Waals surface area contributed by atoms with E-state index in [9.17, 15) is 23.3 Å². The Bertz CT molecular complexity index is 936. The van der Waals surface area contributed by atoms with Crippen molar-refractivity contribution in [3.8, 4) is 0 Å². The van der Waals surface area contributed by atoms with E-state index in [0.29, 0.717) is 31.6 Å². The zero-order valence-electron chi connectivity index (χ0n) is 19.7. The van der Waals surface area contributed by atoms with Gasteiger partial charge in [0.15, 0.2) is 0 Å². The maximum absolute atomic E-state index is 15.8. The van der Waals surface area contributed by atoms with Gasteiger partial charge in [0.05, 0.1) is 0 Å². The molecule has 2 N–H and O–H groups in total. The number of imide groups is 2. The van der Waals surface area contributed by atoms with Crippen LogP contribution in [0.2, 0.25) is 0 Å². The highest BCUT2D eigenvalue weighted by atomic mass is 32.2. The van der Waals surface area contributed by atoms with Crippen LogP contribution >= 0.6 is 0 Å². The van der Waals surface area contributed by atoms with Crippen molar-refractivity contribution in [2.45, 2.75) is 70.0 Å². The summed E-state index contributed by atoms with van der Waals surface area (Å²) in [4.78, 5) is 39.0. The summed E-state index contributed by atoms with van der Waals surface area (Å²) in [6, 6.07) is 1.50. The summed E-state index contributed by atoms with van der Waals surface area (Å²) in [6.07, 6.45) is -1.72. The molecule has 1 aromatic rings. The number of ether oxygens (including phenoxy) is 1. The molecule has 0 radical (unpaired) electrons. The van der Waals surface area contributed by atoms with E-state index in [1.54, 1.807) is 27.7 Å². The lowest BCUT2D eigenvalue weighted by Gasteiger charge is -2.38. The molecule has 2 aliphatic rings. The Hall–Kier alpha value is -2.08. The van der Waals surface area contributed by atoms with Crippen molar-refractivity contribution in [2.75, 3.05) is 13.2 Å². The second-order valence-corrected chi connectivity index (χ2v) is 11.6. The number of nitrogens with zero attached hydrogens (tertiary/aromatic N) is 1. The normalized spacial score (nSPS) is 23.0. The first kappa shape index (κ1) is 26.5. The quantitative estimate of drug-likeness (QED) is 0.441. The number of alkyl halides is 1. The molecule has 8 nitrogen and oxygen atoms in total. The number of halogens is 2. The molecule has 11 heteroatoms. The molecule has 1 aromatic carbocycles. The summed E-state index contributed by atoms with van der Waals surface area (Å²) in [7, 11) is 0. The van der Waals surface area contributed by atoms with Gasteiger partial charge in [-0.3, -0.25) is 19.8 Å². The van der Waals surface area contributed by atoms with Crippen LogP contribution in [0.25, 0.3) is 0 Å². The minimum Gasteiger partial charge on any atom is -0.598 e. The van der Waals surface area contributed by atoms with Crippen molar-refractivity contribution in [1.29, 1.82) is 0 Å². The zero-order chi connectivity index (χ0) is 25.2. The lowest BCUT2D eigenvalue weighted by molar-refractivity contribution is -0.146. The van der Waals surface area contributed by atoms with Gasteiger partial charge in [0.1, 0.15) is 28.7 Å². The lowest BCUT2D eigenvalue weighted by atomic mass is 9.90. The van der Waals surface area contributed by atoms with Crippen molar-refractivity contribution in [2.24, 2.45) is 5.92 Å². The number of benzene rings is 1. The summed E-state index contributed by atoms with van der Waals surface area (Å²) in [6.45, 7) is 7.49. The van der Waals surface area contributed by atoms with Crippen LogP contribution in [0.5, 0.6) is 0 Å². The molecule has 2 aliphatic heterocycles. The standard InChI is InChI=1S/C23H31F2N3O5S/c1-13-5-6-17(24)15(11-13)19(27-34(32)23(2,3)4)18(25)12-16-20(29)26-22(31)28(21(16)30)14-7-9-33-10-8-14/h5-6,11,14,16,18-19,27H,7-10,12H2,1-4H3,(H,26,29,31)/t16?,18-,19-,34+/m0/s1. The number of amides is 4. The summed E-state index contributed by atoms with van der Waals surface area (Å²) >= 11 is -1.76. The van der Waals surface area contributed by atoms with Crippen LogP contribution in [0.15, 0.2) is 18.2 Å². The Morgan fingerprint density at radius 2 is 1.91 bits per heavy atom. The molecule has 3 rings (SSSR count). The second-order valence-electron chi connectivity index (χ2n) is 9.65. The Labute approximate surface area is 201 Å². The Balaban J connectivity index is 1.87. The third kappa shape index (κ3) is 5.94. The summed E-state index contributed by atoms with van der Waals surface area (Å²) in [5.41, 5.74) is 0.617. The number of barbiturate groups is 1. The van der Waals surface area contributed by atoms with Gasteiger partial charge in [0.25, 0.3) is 0 Å². The largest absolute Gasteiger partial charge is 0.598 e. The van der Waals surface area contributed by atoms with Crippen LogP contribution in [0.4, 0.5) is 13.6 Å². The SMILES string of the molecule is Cc1ccc(F)c([C@H](N[S@+]([O-])C(C)(C)C)[C@@H](F)CC2C(=O)NC(=O)N(C3CCOCC3)C2=O)c1. The first-order chi connectivity index (χ1) is 15.9. The van der Waals surface area contributed by atoms with E-state index in [4.69, 9.17) is 4.74 Å². The van der Waals surface area contributed by atoms with E-state index in [1.807, 2.05) is 0 Å². The second kappa shape index (κ2) is 10.7. The number of carbonyl (C=O) groups excluding carboxylic acids is 3. The molecule has 4 atom stereocenters. The molecule has 2 heterocycles. The van der Waals surface area contributed by atoms with Crippen LogP contribution in [0.3, 0.4) is 0 Å². The molecule has 0 saturated carbocycles. The Kier molecular flexibility index (Phi) is 8.33. The summed E-state index contributed by atoms with van der Waals surface area (Å²) in [5.74, 6) is -3.86. The number of rotatable bonds is 7. The third-order valence-electron chi connectivity index (χ3n) is 5.96. The van der Waals surface area contributed by atoms with Crippen molar-refractivity contribution in [3.05, 3.63) is 35.1 Å². The van der Waals surface area contributed by atoms with E-state index in [0.717, 1.165) is 4.90 Å². The van der Waals surface area contributed by atoms with Crippen LogP contribution in [0.1, 0.15) is 57.2 Å². The Morgan fingerprint density at radius 1 is 1.26 bits per heavy atom. The number of hydrogen-bond acceptors (Lipinski definition) is 6. The highest BCUT2D eigenvalue weighted by Crippen LogP contribution is 2.32. The van der Waals surface area contributed by atoms with Gasteiger partial charge in [0, 0.05) is 42.6 Å². The van der Waals surface area contributed by atoms with E-state index in [2.05, 4.69) is 10.0 Å². The highest BCUT2D eigenvalue weighted by Gasteiger charge is 2.46. The zero-order valence-corrected chi connectivity index (χ0v) is 20.5. The molecule has 0 spiro atoms. The molecule has 34 heavy (non-hydrogen) atoms. The molecule has 0 aliphatic carbocycles. The van der Waals surface area contributed by atoms with E-state index >= 15 is 4.39 Å². The molecule has 4 amide bonds. The monoisotopic (exact) mass is 499 g/mol. The van der Waals surface area contributed by atoms with Gasteiger partial charge in [0.2, 0.25) is 11.8 Å². The first-order valence-corrected chi connectivity index (χ1v) is 12.4. The van der Waals surface area contributed by atoms with Gasteiger partial charge >= 0.3 is 6.03 Å². The summed E-state index contributed by atoms with van der Waals surface area (Å²) < 4.78 is 50.4. The van der Waals surface area contributed by atoms with Crippen molar-refractivity contribution >= 4 is 29.2 Å². The van der Waals surface area contributed by atoms with Crippen LogP contribution < -0.4 is 10.0 Å². The molecule has 188 valence electrons. The number of urea groups is 1. The van der Waals surface area contributed by atoms with Gasteiger partial charge in [-0.2, -0.15) is 0 Å². The molecular weight excluding hydrogens is 468 g/mol. The molecule has 2 saturated heterocycles. The van der Waals surface area contributed by atoms with Gasteiger partial charge < -0.3 is 9.29 Å². The van der Waals surface area contributed by atoms with E-state index < -0.39 is 70.4 Å². The lowest BCUT2D eigenvalue weighted by Crippen LogP contribution is -2.62. The minimum atomic E-state index is -1.95. The van der Waals surface area contributed by atoms with Crippen LogP contribution in [0, 0.1) is 18.7 Å². The number of carbonyl (C=O) groups is 3. The average Bonchev–Trinajstić information content (AvgIpc) is 2.76. The van der Waals surface area contributed by atoms with Crippen molar-refractivity contribution in [1.82, 2.24) is 14.9 Å². The maximum Gasteiger partial charge on any atom is 0.331 e. The number of nitrogens with one attached hydrogen (secondary N) is 2. The molecule has 0 aromatic heterocycles. The summed E-state index contributed by atoms with van der Waals surface area (Å²) in [5, 5.41) is 2.14. The minimum absolute atomic E-state index is 0.0499. The topological polar surface area (TPSA) is 111 Å². The predicted octanol–water partition coefficient (Wildman–Crippen LogP) is 2.83. The van der Waals surface area contributed by atoms with Gasteiger partial charge in [-0.25, -0.2) is 13.6 Å². The number of hydrogen-bond donors (Lipinski definition) is 2. The fraction of sp³-hybridized carbons (Fsp3) is 0.609. The Morgan fingerprint density at radius 3 is 2.53 bits per heavy atom. The smallest absolute Gasteiger partial charge is 0.331 e. The van der Waals surface area contributed by atoms with Crippen molar-refractivity contribution < 1.29 is 32.5 Å². The van der Waals surface area contributed by atoms with Crippen LogP contribution in [-0.2, 0) is 25.7 Å². The average molecular weight is 500 g/mol. The van der Waals surface area contributed by atoms with E-state index in [-0.39, 0.29) is 5.56 Å². The van der Waals surface area contributed by atoms with Crippen molar-refractivity contribution in [3.63, 3.8) is 0 Å². The molecule has 0 bridgehead atoms. The fourth-order valence-corrected chi connectivity index (χ4v) is 4.88. The van der Waals surface area contributed by atoms with Gasteiger partial charge in [-0.1, -0.05) is 17.7 Å². The fourth-order valence-electron chi connectivity index (χ4n) is 4.02. The molecule has 2 fully saturated rings.